The van der Waals surface area contributed by atoms with Gasteiger partial charge in [-0.25, -0.2) is 4.79 Å². The van der Waals surface area contributed by atoms with Crippen LogP contribution >= 0.6 is 34.8 Å². The first-order chi connectivity index (χ1) is 12.4. The van der Waals surface area contributed by atoms with Crippen molar-refractivity contribution in [1.82, 2.24) is 0 Å². The number of amides is 1. The summed E-state index contributed by atoms with van der Waals surface area (Å²) in [4.78, 5) is 24.1. The third-order valence-electron chi connectivity index (χ3n) is 3.38. The van der Waals surface area contributed by atoms with E-state index in [1.807, 2.05) is 0 Å². The van der Waals surface area contributed by atoms with Crippen molar-refractivity contribution in [3.05, 3.63) is 51.0 Å². The summed E-state index contributed by atoms with van der Waals surface area (Å²) in [5.41, 5.74) is 0.433. The number of hydrogen-bond donors (Lipinski definition) is 1. The van der Waals surface area contributed by atoms with Gasteiger partial charge in [0.2, 0.25) is 0 Å². The average molecular weight is 417 g/mol. The van der Waals surface area contributed by atoms with E-state index in [1.165, 1.54) is 24.3 Å². The Morgan fingerprint density at radius 3 is 2.35 bits per heavy atom. The Morgan fingerprint density at radius 2 is 1.65 bits per heavy atom. The van der Waals surface area contributed by atoms with Crippen molar-refractivity contribution in [1.29, 1.82) is 0 Å². The smallest absolute Gasteiger partial charge is 0.338 e. The van der Waals surface area contributed by atoms with Gasteiger partial charge in [0.15, 0.2) is 18.1 Å². The van der Waals surface area contributed by atoms with E-state index in [0.29, 0.717) is 29.7 Å². The number of nitrogens with one attached hydrogen (secondary N) is 1. The molecule has 1 amide bonds. The van der Waals surface area contributed by atoms with E-state index in [4.69, 9.17) is 49.0 Å². The summed E-state index contributed by atoms with van der Waals surface area (Å²) >= 11 is 17.8. The van der Waals surface area contributed by atoms with Crippen molar-refractivity contribution < 1.29 is 23.8 Å². The average Bonchev–Trinajstić information content (AvgIpc) is 2.62. The molecule has 0 aliphatic carbocycles. The number of hydrogen-bond acceptors (Lipinski definition) is 5. The lowest BCUT2D eigenvalue weighted by atomic mass is 10.2. The molecule has 1 aliphatic rings. The molecule has 0 radical (unpaired) electrons. The van der Waals surface area contributed by atoms with E-state index in [0.717, 1.165) is 0 Å². The summed E-state index contributed by atoms with van der Waals surface area (Å²) in [6, 6.07) is 7.51. The predicted octanol–water partition coefficient (Wildman–Crippen LogP) is 4.21. The summed E-state index contributed by atoms with van der Waals surface area (Å²) in [6.45, 7) is 0.339. The molecule has 2 aromatic rings. The fraction of sp³-hybridized carbons (Fsp3) is 0.176. The molecular weight excluding hydrogens is 405 g/mol. The monoisotopic (exact) mass is 415 g/mol. The van der Waals surface area contributed by atoms with Crippen molar-refractivity contribution in [3.63, 3.8) is 0 Å². The minimum absolute atomic E-state index is 0.175. The van der Waals surface area contributed by atoms with Crippen molar-refractivity contribution in [3.8, 4) is 11.5 Å². The zero-order chi connectivity index (χ0) is 18.7. The van der Waals surface area contributed by atoms with E-state index < -0.39 is 18.5 Å². The summed E-state index contributed by atoms with van der Waals surface area (Å²) in [6.07, 6.45) is 0. The maximum atomic E-state index is 12.1. The first-order valence-electron chi connectivity index (χ1n) is 7.45. The summed E-state index contributed by atoms with van der Waals surface area (Å²) in [5.74, 6) is -0.264. The lowest BCUT2D eigenvalue weighted by molar-refractivity contribution is -0.119. The quantitative estimate of drug-likeness (QED) is 0.756. The minimum atomic E-state index is -0.676. The third kappa shape index (κ3) is 4.33. The van der Waals surface area contributed by atoms with Gasteiger partial charge in [-0.15, -0.1) is 0 Å². The molecule has 3 rings (SSSR count). The number of fused-ring (bicyclic) bond motifs is 1. The second kappa shape index (κ2) is 8.03. The van der Waals surface area contributed by atoms with Crippen LogP contribution in [-0.4, -0.2) is 31.7 Å². The second-order valence-electron chi connectivity index (χ2n) is 5.23. The molecule has 0 spiro atoms. The van der Waals surface area contributed by atoms with Gasteiger partial charge in [-0.3, -0.25) is 4.79 Å². The Balaban J connectivity index is 1.60. The standard InChI is InChI=1S/C17H12Cl3NO5/c18-10-6-11(19)16(12(20)7-10)21-15(22)8-26-17(23)9-1-2-13-14(5-9)25-4-3-24-13/h1-2,5-7H,3-4,8H2,(H,21,22). The lowest BCUT2D eigenvalue weighted by Gasteiger charge is -2.18. The number of carbonyl (C=O) groups is 2. The summed E-state index contributed by atoms with van der Waals surface area (Å²) < 4.78 is 15.8. The fourth-order valence-electron chi connectivity index (χ4n) is 2.22. The fourth-order valence-corrected chi connectivity index (χ4v) is 3.13. The maximum absolute atomic E-state index is 12.1. The number of halogens is 3. The molecule has 26 heavy (non-hydrogen) atoms. The Bertz CT molecular complexity index is 848. The highest BCUT2D eigenvalue weighted by atomic mass is 35.5. The number of ether oxygens (including phenoxy) is 3. The number of rotatable bonds is 4. The van der Waals surface area contributed by atoms with Gasteiger partial charge in [-0.1, -0.05) is 34.8 Å². The Kier molecular flexibility index (Phi) is 5.76. The molecule has 0 aromatic heterocycles. The van der Waals surface area contributed by atoms with Crippen LogP contribution in [-0.2, 0) is 9.53 Å². The van der Waals surface area contributed by atoms with Gasteiger partial charge in [0, 0.05) is 5.02 Å². The Hall–Kier alpha value is -2.15. The molecule has 2 aromatic carbocycles. The first-order valence-corrected chi connectivity index (χ1v) is 8.58. The largest absolute Gasteiger partial charge is 0.486 e. The van der Waals surface area contributed by atoms with E-state index in [2.05, 4.69) is 5.32 Å². The summed E-state index contributed by atoms with van der Waals surface area (Å²) in [5, 5.41) is 3.17. The molecular formula is C17H12Cl3NO5. The van der Waals surface area contributed by atoms with Crippen molar-refractivity contribution >= 4 is 52.4 Å². The Morgan fingerprint density at radius 1 is 1.00 bits per heavy atom. The van der Waals surface area contributed by atoms with Crippen LogP contribution in [0.4, 0.5) is 5.69 Å². The summed E-state index contributed by atoms with van der Waals surface area (Å²) in [7, 11) is 0. The van der Waals surface area contributed by atoms with Gasteiger partial charge >= 0.3 is 5.97 Å². The van der Waals surface area contributed by atoms with Crippen LogP contribution in [0.2, 0.25) is 15.1 Å². The third-order valence-corrected chi connectivity index (χ3v) is 4.20. The molecule has 1 aliphatic heterocycles. The number of carbonyl (C=O) groups excluding carboxylic acids is 2. The molecule has 0 fully saturated rings. The van der Waals surface area contributed by atoms with E-state index >= 15 is 0 Å². The number of anilines is 1. The van der Waals surface area contributed by atoms with Crippen LogP contribution in [0, 0.1) is 0 Å². The van der Waals surface area contributed by atoms with Gasteiger partial charge in [-0.05, 0) is 30.3 Å². The van der Waals surface area contributed by atoms with Crippen molar-refractivity contribution in [2.75, 3.05) is 25.1 Å². The van der Waals surface area contributed by atoms with Crippen molar-refractivity contribution in [2.24, 2.45) is 0 Å². The molecule has 0 bridgehead atoms. The highest BCUT2D eigenvalue weighted by Gasteiger charge is 2.17. The highest BCUT2D eigenvalue weighted by Crippen LogP contribution is 2.34. The topological polar surface area (TPSA) is 73.9 Å². The van der Waals surface area contributed by atoms with Gasteiger partial charge in [0.1, 0.15) is 13.2 Å². The molecule has 0 saturated heterocycles. The SMILES string of the molecule is O=C(COC(=O)c1ccc2c(c1)OCCO2)Nc1c(Cl)cc(Cl)cc1Cl. The van der Waals surface area contributed by atoms with Crippen LogP contribution in [0.5, 0.6) is 11.5 Å². The van der Waals surface area contributed by atoms with Crippen LogP contribution in [0.25, 0.3) is 0 Å². The molecule has 0 unspecified atom stereocenters. The highest BCUT2D eigenvalue weighted by molar-refractivity contribution is 6.42. The number of esters is 1. The molecule has 6 nitrogen and oxygen atoms in total. The molecule has 1 N–H and O–H groups in total. The van der Waals surface area contributed by atoms with Crippen molar-refractivity contribution in [2.45, 2.75) is 0 Å². The Labute approximate surface area is 163 Å². The van der Waals surface area contributed by atoms with E-state index in [9.17, 15) is 9.59 Å². The zero-order valence-electron chi connectivity index (χ0n) is 13.2. The second-order valence-corrected chi connectivity index (χ2v) is 6.48. The maximum Gasteiger partial charge on any atom is 0.338 e. The van der Waals surface area contributed by atoms with Gasteiger partial charge in [-0.2, -0.15) is 0 Å². The van der Waals surface area contributed by atoms with Crippen LogP contribution in [0.15, 0.2) is 30.3 Å². The van der Waals surface area contributed by atoms with Gasteiger partial charge in [0.05, 0.1) is 21.3 Å². The molecule has 1 heterocycles. The molecule has 0 atom stereocenters. The van der Waals surface area contributed by atoms with E-state index in [1.54, 1.807) is 6.07 Å². The molecule has 136 valence electrons. The normalized spacial score (nSPS) is 12.4. The lowest BCUT2D eigenvalue weighted by Crippen LogP contribution is -2.21. The molecule has 9 heteroatoms. The van der Waals surface area contributed by atoms with E-state index in [-0.39, 0.29) is 21.3 Å². The molecule has 0 saturated carbocycles. The van der Waals surface area contributed by atoms with Crippen LogP contribution in [0.1, 0.15) is 10.4 Å². The van der Waals surface area contributed by atoms with Crippen LogP contribution in [0.3, 0.4) is 0 Å². The minimum Gasteiger partial charge on any atom is -0.486 e. The van der Waals surface area contributed by atoms with Crippen LogP contribution < -0.4 is 14.8 Å². The predicted molar refractivity (Wildman–Crippen MR) is 97.8 cm³/mol. The zero-order valence-corrected chi connectivity index (χ0v) is 15.5. The van der Waals surface area contributed by atoms with Gasteiger partial charge < -0.3 is 19.5 Å². The van der Waals surface area contributed by atoms with Gasteiger partial charge in [0.25, 0.3) is 5.91 Å². The first kappa shape index (κ1) is 18.6. The number of benzene rings is 2.